The van der Waals surface area contributed by atoms with Crippen LogP contribution < -0.4 is 10.5 Å². The number of aromatic nitrogens is 1. The lowest BCUT2D eigenvalue weighted by Gasteiger charge is -2.07. The molecule has 0 aliphatic rings. The van der Waals surface area contributed by atoms with Crippen LogP contribution in [0.15, 0.2) is 40.9 Å². The molecule has 2 aromatic rings. The van der Waals surface area contributed by atoms with Crippen LogP contribution in [0.2, 0.25) is 0 Å². The molecule has 0 saturated heterocycles. The molecular weight excluding hydrogens is 312 g/mol. The van der Waals surface area contributed by atoms with Gasteiger partial charge in [0.15, 0.2) is 0 Å². The van der Waals surface area contributed by atoms with Crippen LogP contribution in [0.25, 0.3) is 0 Å². The topological polar surface area (TPSA) is 48.1 Å². The van der Waals surface area contributed by atoms with Gasteiger partial charge < -0.3 is 10.5 Å². The van der Waals surface area contributed by atoms with Crippen LogP contribution in [-0.2, 0) is 0 Å². The van der Waals surface area contributed by atoms with Crippen LogP contribution in [0.5, 0.6) is 11.6 Å². The number of hydrogen-bond acceptors (Lipinski definition) is 3. The summed E-state index contributed by atoms with van der Waals surface area (Å²) < 4.78 is 6.70. The molecule has 0 radical (unpaired) electrons. The van der Waals surface area contributed by atoms with Crippen LogP contribution in [0.1, 0.15) is 11.3 Å². The zero-order chi connectivity index (χ0) is 13.1. The van der Waals surface area contributed by atoms with Crippen LogP contribution in [0.3, 0.4) is 0 Å². The Kier molecular flexibility index (Phi) is 3.93. The second kappa shape index (κ2) is 5.46. The number of nitrogens with two attached hydrogens (primary N) is 1. The van der Waals surface area contributed by atoms with E-state index in [0.717, 1.165) is 15.8 Å². The van der Waals surface area contributed by atoms with Crippen molar-refractivity contribution in [3.63, 3.8) is 0 Å². The summed E-state index contributed by atoms with van der Waals surface area (Å²) in [5.41, 5.74) is 7.17. The maximum Gasteiger partial charge on any atom is 0.219 e. The number of benzene rings is 1. The first kappa shape index (κ1) is 13.0. The number of ether oxygens (including phenoxy) is 1. The normalized spacial score (nSPS) is 10.1. The van der Waals surface area contributed by atoms with Crippen molar-refractivity contribution in [2.24, 2.45) is 5.73 Å². The van der Waals surface area contributed by atoms with Gasteiger partial charge in [-0.05, 0) is 36.8 Å². The number of hydrogen-bond donors (Lipinski definition) is 1. The first-order chi connectivity index (χ1) is 8.56. The highest BCUT2D eigenvalue weighted by Gasteiger charge is 2.03. The molecule has 2 rings (SSSR count). The van der Waals surface area contributed by atoms with Crippen LogP contribution in [0, 0.1) is 6.92 Å². The smallest absolute Gasteiger partial charge is 0.219 e. The molecule has 0 atom stereocenters. The maximum absolute atomic E-state index is 5.66. The number of nitrogens with zero attached hydrogens (tertiary/aromatic N) is 1. The Morgan fingerprint density at radius 3 is 2.78 bits per heavy atom. The third-order valence-electron chi connectivity index (χ3n) is 2.33. The molecule has 0 fully saturated rings. The zero-order valence-electron chi connectivity index (χ0n) is 9.68. The van der Waals surface area contributed by atoms with Crippen LogP contribution in [0.4, 0.5) is 0 Å². The molecule has 0 aliphatic carbocycles. The van der Waals surface area contributed by atoms with Gasteiger partial charge >= 0.3 is 0 Å². The van der Waals surface area contributed by atoms with Crippen molar-refractivity contribution in [1.82, 2.24) is 4.98 Å². The number of thiocarbonyl (C=S) groups is 1. The predicted octanol–water partition coefficient (Wildman–Crippen LogP) is 3.58. The number of rotatable bonds is 3. The van der Waals surface area contributed by atoms with Gasteiger partial charge in [-0.15, -0.1) is 0 Å². The van der Waals surface area contributed by atoms with Crippen molar-refractivity contribution < 1.29 is 4.74 Å². The lowest BCUT2D eigenvalue weighted by atomic mass is 10.2. The summed E-state index contributed by atoms with van der Waals surface area (Å²) >= 11 is 8.32. The van der Waals surface area contributed by atoms with E-state index in [1.807, 2.05) is 31.2 Å². The zero-order valence-corrected chi connectivity index (χ0v) is 12.1. The largest absolute Gasteiger partial charge is 0.439 e. The highest BCUT2D eigenvalue weighted by atomic mass is 79.9. The average Bonchev–Trinajstić information content (AvgIpc) is 2.34. The Hall–Kier alpha value is -1.46. The highest BCUT2D eigenvalue weighted by molar-refractivity contribution is 9.10. The highest BCUT2D eigenvalue weighted by Crippen LogP contribution is 2.25. The van der Waals surface area contributed by atoms with E-state index in [-0.39, 0.29) is 4.99 Å². The molecule has 5 heteroatoms. The average molecular weight is 323 g/mol. The van der Waals surface area contributed by atoms with Gasteiger partial charge in [0.05, 0.1) is 0 Å². The van der Waals surface area contributed by atoms with Gasteiger partial charge in [0.2, 0.25) is 5.88 Å². The Morgan fingerprint density at radius 2 is 2.11 bits per heavy atom. The lowest BCUT2D eigenvalue weighted by Crippen LogP contribution is -2.11. The lowest BCUT2D eigenvalue weighted by molar-refractivity contribution is 0.462. The van der Waals surface area contributed by atoms with Crippen molar-refractivity contribution >= 4 is 33.1 Å². The minimum absolute atomic E-state index is 0.257. The predicted molar refractivity (Wildman–Crippen MR) is 79.1 cm³/mol. The molecule has 0 bridgehead atoms. The van der Waals surface area contributed by atoms with Crippen LogP contribution >= 0.6 is 28.1 Å². The molecule has 0 spiro atoms. The third-order valence-corrected chi connectivity index (χ3v) is 3.43. The van der Waals surface area contributed by atoms with Crippen molar-refractivity contribution in [2.75, 3.05) is 0 Å². The van der Waals surface area contributed by atoms with Crippen LogP contribution in [-0.4, -0.2) is 9.97 Å². The number of pyridine rings is 1. The van der Waals surface area contributed by atoms with E-state index in [0.29, 0.717) is 11.6 Å². The minimum Gasteiger partial charge on any atom is -0.439 e. The van der Waals surface area contributed by atoms with Crippen molar-refractivity contribution in [3.05, 3.63) is 52.1 Å². The summed E-state index contributed by atoms with van der Waals surface area (Å²) in [6.45, 7) is 2.00. The fourth-order valence-corrected chi connectivity index (χ4v) is 1.77. The summed E-state index contributed by atoms with van der Waals surface area (Å²) in [7, 11) is 0. The van der Waals surface area contributed by atoms with Gasteiger partial charge in [0, 0.05) is 10.5 Å². The molecule has 1 heterocycles. The molecule has 0 aliphatic heterocycles. The second-order valence-electron chi connectivity index (χ2n) is 3.74. The molecule has 0 amide bonds. The summed E-state index contributed by atoms with van der Waals surface area (Å²) in [5.74, 6) is 1.20. The maximum atomic E-state index is 5.66. The van der Waals surface area contributed by atoms with Crippen molar-refractivity contribution in [3.8, 4) is 11.6 Å². The Labute approximate surface area is 119 Å². The van der Waals surface area contributed by atoms with E-state index in [1.165, 1.54) is 0 Å². The molecule has 0 unspecified atom stereocenters. The number of halogens is 1. The first-order valence-electron chi connectivity index (χ1n) is 5.27. The molecule has 0 saturated carbocycles. The molecule has 1 aromatic heterocycles. The van der Waals surface area contributed by atoms with Gasteiger partial charge in [0.1, 0.15) is 16.4 Å². The summed E-state index contributed by atoms with van der Waals surface area (Å²) in [6, 6.07) is 11.1. The van der Waals surface area contributed by atoms with Gasteiger partial charge in [-0.25, -0.2) is 4.98 Å². The summed E-state index contributed by atoms with van der Waals surface area (Å²) in [5, 5.41) is 0. The van der Waals surface area contributed by atoms with Gasteiger partial charge in [-0.3, -0.25) is 0 Å². The van der Waals surface area contributed by atoms with Crippen molar-refractivity contribution in [2.45, 2.75) is 6.92 Å². The standard InChI is InChI=1S/C13H11BrN2OS/c1-8-7-9(5-6-10(8)14)17-12-4-2-3-11(16-12)13(15)18/h2-7H,1H3,(H2,15,18). The van der Waals surface area contributed by atoms with Crippen molar-refractivity contribution in [1.29, 1.82) is 0 Å². The Morgan fingerprint density at radius 1 is 1.33 bits per heavy atom. The molecular formula is C13H11BrN2OS. The van der Waals surface area contributed by atoms with Gasteiger partial charge in [0.25, 0.3) is 0 Å². The van der Waals surface area contributed by atoms with E-state index in [2.05, 4.69) is 20.9 Å². The van der Waals surface area contributed by atoms with E-state index in [9.17, 15) is 0 Å². The molecule has 18 heavy (non-hydrogen) atoms. The van der Waals surface area contributed by atoms with E-state index in [1.54, 1.807) is 12.1 Å². The fraction of sp³-hybridized carbons (Fsp3) is 0.0769. The molecule has 2 N–H and O–H groups in total. The molecule has 1 aromatic carbocycles. The summed E-state index contributed by atoms with van der Waals surface area (Å²) in [4.78, 5) is 4.48. The Bertz CT molecular complexity index is 601. The first-order valence-corrected chi connectivity index (χ1v) is 6.47. The third kappa shape index (κ3) is 3.05. The van der Waals surface area contributed by atoms with E-state index < -0.39 is 0 Å². The minimum atomic E-state index is 0.257. The van der Waals surface area contributed by atoms with E-state index in [4.69, 9.17) is 22.7 Å². The quantitative estimate of drug-likeness (QED) is 0.877. The monoisotopic (exact) mass is 322 g/mol. The van der Waals surface area contributed by atoms with E-state index >= 15 is 0 Å². The van der Waals surface area contributed by atoms with Gasteiger partial charge in [-0.1, -0.05) is 34.2 Å². The molecule has 3 nitrogen and oxygen atoms in total. The number of aryl methyl sites for hydroxylation is 1. The summed E-state index contributed by atoms with van der Waals surface area (Å²) in [6.07, 6.45) is 0. The SMILES string of the molecule is Cc1cc(Oc2cccc(C(N)=S)n2)ccc1Br. The fourth-order valence-electron chi connectivity index (χ4n) is 1.41. The van der Waals surface area contributed by atoms with Gasteiger partial charge in [-0.2, -0.15) is 0 Å². The molecule has 92 valence electrons. The Balaban J connectivity index is 2.25. The second-order valence-corrected chi connectivity index (χ2v) is 5.03.